The van der Waals surface area contributed by atoms with Crippen LogP contribution in [0.1, 0.15) is 0 Å². The van der Waals surface area contributed by atoms with Gasteiger partial charge in [0.25, 0.3) is 6.43 Å². The Balaban J connectivity index is 0. The largest absolute Gasteiger partial charge is 1.00 e. The van der Waals surface area contributed by atoms with Gasteiger partial charge in [-0.05, 0) is 0 Å². The summed E-state index contributed by atoms with van der Waals surface area (Å²) in [5, 5.41) is 7.51. The number of thiol groups is 1. The quantitative estimate of drug-likeness (QED) is 0.351. The number of halogens is 2. The topological polar surface area (TPSA) is 40.1 Å². The van der Waals surface area contributed by atoms with Gasteiger partial charge in [-0.2, -0.15) is 12.6 Å². The molecule has 0 heterocycles. The Morgan fingerprint density at radius 1 is 1.56 bits per heavy atom. The van der Waals surface area contributed by atoms with Crippen molar-refractivity contribution in [1.29, 1.82) is 0 Å². The fourth-order valence-electron chi connectivity index (χ4n) is 0.103. The van der Waals surface area contributed by atoms with Crippen molar-refractivity contribution in [3.05, 3.63) is 0 Å². The Labute approximate surface area is 98.8 Å². The molecule has 1 unspecified atom stereocenters. The molecule has 0 amide bonds. The average molecular weight is 180 g/mol. The van der Waals surface area contributed by atoms with Crippen molar-refractivity contribution < 1.29 is 70.1 Å². The van der Waals surface area contributed by atoms with Crippen LogP contribution in [-0.4, -0.2) is 17.6 Å². The summed E-state index contributed by atoms with van der Waals surface area (Å²) in [5.41, 5.74) is 0. The van der Waals surface area contributed by atoms with Gasteiger partial charge >= 0.3 is 51.4 Å². The van der Waals surface area contributed by atoms with Crippen LogP contribution >= 0.6 is 12.6 Å². The summed E-state index contributed by atoms with van der Waals surface area (Å²) in [6.07, 6.45) is -2.96. The van der Waals surface area contributed by atoms with E-state index in [2.05, 4.69) is 12.6 Å². The molecule has 0 radical (unpaired) electrons. The molecule has 0 fully saturated rings. The fraction of sp³-hybridized carbons (Fsp3) is 0.667. The molecule has 0 saturated carbocycles. The Kier molecular flexibility index (Phi) is 8.71. The monoisotopic (exact) mass is 180 g/mol. The van der Waals surface area contributed by atoms with Gasteiger partial charge in [0.2, 0.25) is 0 Å². The van der Waals surface area contributed by atoms with E-state index < -0.39 is 17.6 Å². The summed E-state index contributed by atoms with van der Waals surface area (Å²) in [6, 6.07) is 0. The Morgan fingerprint density at radius 3 is 1.89 bits per heavy atom. The second kappa shape index (κ2) is 6.05. The summed E-state index contributed by atoms with van der Waals surface area (Å²) in [4.78, 5) is 9.47. The van der Waals surface area contributed by atoms with Crippen molar-refractivity contribution in [2.45, 2.75) is 11.7 Å². The molecule has 1 atom stereocenters. The first-order valence-electron chi connectivity index (χ1n) is 1.72. The molecule has 0 N–H and O–H groups in total. The maximum absolute atomic E-state index is 11.2. The number of carbonyl (C=O) groups excluding carboxylic acids is 1. The summed E-state index contributed by atoms with van der Waals surface area (Å²) in [7, 11) is 0. The van der Waals surface area contributed by atoms with Gasteiger partial charge in [-0.25, -0.2) is 8.78 Å². The van der Waals surface area contributed by atoms with Crippen molar-refractivity contribution in [2.24, 2.45) is 0 Å². The summed E-state index contributed by atoms with van der Waals surface area (Å²) < 4.78 is 22.4. The number of aliphatic carboxylic acids is 1. The maximum atomic E-state index is 11.2. The zero-order valence-electron chi connectivity index (χ0n) is 4.67. The molecule has 0 aliphatic rings. The van der Waals surface area contributed by atoms with Gasteiger partial charge in [0.05, 0.1) is 5.97 Å². The Morgan fingerprint density at radius 2 is 1.89 bits per heavy atom. The molecule has 9 heavy (non-hydrogen) atoms. The van der Waals surface area contributed by atoms with Crippen LogP contribution in [0.4, 0.5) is 8.78 Å². The molecular formula is C3H3F2KO2S. The average Bonchev–Trinajstić information content (AvgIpc) is 1.64. The third-order valence-corrected chi connectivity index (χ3v) is 0.916. The number of carboxylic acids is 1. The third kappa shape index (κ3) is 5.75. The van der Waals surface area contributed by atoms with Gasteiger partial charge in [-0.3, -0.25) is 0 Å². The second-order valence-corrected chi connectivity index (χ2v) is 1.65. The van der Waals surface area contributed by atoms with Gasteiger partial charge in [-0.15, -0.1) is 0 Å². The number of rotatable bonds is 2. The Bertz CT molecular complexity index is 99.8. The van der Waals surface area contributed by atoms with E-state index in [1.54, 1.807) is 0 Å². The summed E-state index contributed by atoms with van der Waals surface area (Å²) in [6.45, 7) is 0. The molecule has 0 bridgehead atoms. The van der Waals surface area contributed by atoms with Crippen LogP contribution in [0, 0.1) is 0 Å². The molecule has 0 aromatic carbocycles. The molecular weight excluding hydrogens is 177 g/mol. The second-order valence-electron chi connectivity index (χ2n) is 1.10. The maximum Gasteiger partial charge on any atom is 1.00 e. The van der Waals surface area contributed by atoms with E-state index in [-0.39, 0.29) is 51.4 Å². The summed E-state index contributed by atoms with van der Waals surface area (Å²) in [5.74, 6) is -1.84. The Hall–Kier alpha value is 1.32. The zero-order chi connectivity index (χ0) is 6.73. The van der Waals surface area contributed by atoms with Crippen LogP contribution in [-0.2, 0) is 4.79 Å². The predicted octanol–water partition coefficient (Wildman–Crippen LogP) is -3.70. The van der Waals surface area contributed by atoms with Gasteiger partial charge in [0, 0.05) is 0 Å². The fourth-order valence-corrected chi connectivity index (χ4v) is 0.103. The molecule has 0 spiro atoms. The molecule has 0 aliphatic carbocycles. The number of alkyl halides is 2. The summed E-state index contributed by atoms with van der Waals surface area (Å²) >= 11 is 3.01. The van der Waals surface area contributed by atoms with Crippen LogP contribution < -0.4 is 56.5 Å². The van der Waals surface area contributed by atoms with E-state index in [1.165, 1.54) is 0 Å². The van der Waals surface area contributed by atoms with Crippen molar-refractivity contribution >= 4 is 18.6 Å². The van der Waals surface area contributed by atoms with Gasteiger partial charge in [-0.1, -0.05) is 0 Å². The van der Waals surface area contributed by atoms with Crippen LogP contribution in [0.25, 0.3) is 0 Å². The normalized spacial score (nSPS) is 12.4. The van der Waals surface area contributed by atoms with Crippen LogP contribution in [0.3, 0.4) is 0 Å². The van der Waals surface area contributed by atoms with Crippen LogP contribution in [0.2, 0.25) is 0 Å². The number of hydrogen-bond acceptors (Lipinski definition) is 3. The van der Waals surface area contributed by atoms with Gasteiger partial charge in [0.15, 0.2) is 0 Å². The van der Waals surface area contributed by atoms with E-state index in [1.807, 2.05) is 0 Å². The minimum atomic E-state index is -2.96. The molecule has 0 aliphatic heterocycles. The van der Waals surface area contributed by atoms with Crippen molar-refractivity contribution in [3.8, 4) is 0 Å². The predicted molar refractivity (Wildman–Crippen MR) is 23.8 cm³/mol. The number of carbonyl (C=O) groups is 1. The van der Waals surface area contributed by atoms with Crippen molar-refractivity contribution in [2.75, 3.05) is 0 Å². The van der Waals surface area contributed by atoms with Gasteiger partial charge < -0.3 is 9.90 Å². The smallest absolute Gasteiger partial charge is 0.549 e. The van der Waals surface area contributed by atoms with E-state index in [0.717, 1.165) is 0 Å². The van der Waals surface area contributed by atoms with E-state index in [9.17, 15) is 18.7 Å². The van der Waals surface area contributed by atoms with Gasteiger partial charge in [0.1, 0.15) is 5.25 Å². The van der Waals surface area contributed by atoms with E-state index in [4.69, 9.17) is 0 Å². The zero-order valence-corrected chi connectivity index (χ0v) is 8.69. The van der Waals surface area contributed by atoms with E-state index >= 15 is 0 Å². The standard InChI is InChI=1S/C3H4F2O2S.K/c4-2(5)1(8)3(6)7;/h1-2,8H,(H,6,7);/q;+1/p-1. The molecule has 6 heteroatoms. The minimum Gasteiger partial charge on any atom is -0.549 e. The SMILES string of the molecule is O=C([O-])C(S)C(F)F.[K+]. The number of hydrogen-bond donors (Lipinski definition) is 1. The first kappa shape index (κ1) is 12.9. The molecule has 0 aromatic heterocycles. The van der Waals surface area contributed by atoms with E-state index in [0.29, 0.717) is 0 Å². The molecule has 2 nitrogen and oxygen atoms in total. The van der Waals surface area contributed by atoms with Crippen LogP contribution in [0.15, 0.2) is 0 Å². The third-order valence-electron chi connectivity index (χ3n) is 0.480. The first-order chi connectivity index (χ1) is 3.55. The molecule has 0 aromatic rings. The molecule has 0 saturated heterocycles. The molecule has 48 valence electrons. The van der Waals surface area contributed by atoms with Crippen molar-refractivity contribution in [3.63, 3.8) is 0 Å². The van der Waals surface area contributed by atoms with Crippen molar-refractivity contribution in [1.82, 2.24) is 0 Å². The minimum absolute atomic E-state index is 0. The molecule has 0 rings (SSSR count). The number of carboxylic acid groups (broad SMARTS) is 1. The first-order valence-corrected chi connectivity index (χ1v) is 2.24. The van der Waals surface area contributed by atoms with Crippen LogP contribution in [0.5, 0.6) is 0 Å².